The van der Waals surface area contributed by atoms with E-state index in [2.05, 4.69) is 27.4 Å². The monoisotopic (exact) mass is 342 g/mol. The number of nitrogens with zero attached hydrogens (tertiary/aromatic N) is 3. The molecule has 2 aliphatic rings. The van der Waals surface area contributed by atoms with E-state index in [0.717, 1.165) is 37.4 Å². The van der Waals surface area contributed by atoms with Gasteiger partial charge in [-0.05, 0) is 24.5 Å². The van der Waals surface area contributed by atoms with Crippen LogP contribution in [0.2, 0.25) is 0 Å². The number of carbonyl (C=O) groups is 1. The largest absolute Gasteiger partial charge is 0.367 e. The van der Waals surface area contributed by atoms with Gasteiger partial charge in [0.05, 0.1) is 17.8 Å². The third-order valence-corrected chi connectivity index (χ3v) is 6.02. The van der Waals surface area contributed by atoms with E-state index in [0.29, 0.717) is 0 Å². The lowest BCUT2D eigenvalue weighted by molar-refractivity contribution is -0.122. The summed E-state index contributed by atoms with van der Waals surface area (Å²) in [5.74, 6) is 1.01. The summed E-state index contributed by atoms with van der Waals surface area (Å²) in [6.45, 7) is 1.89. The second-order valence-electron chi connectivity index (χ2n) is 6.57. The average Bonchev–Trinajstić information content (AvgIpc) is 3.21. The molecule has 1 aromatic heterocycles. The molecule has 0 saturated carbocycles. The van der Waals surface area contributed by atoms with Crippen molar-refractivity contribution in [3.05, 3.63) is 42.2 Å². The zero-order chi connectivity index (χ0) is 16.5. The molecular weight excluding hydrogens is 320 g/mol. The van der Waals surface area contributed by atoms with E-state index in [1.807, 2.05) is 36.3 Å². The Hall–Kier alpha value is -1.95. The highest BCUT2D eigenvalue weighted by Gasteiger charge is 2.31. The van der Waals surface area contributed by atoms with Crippen molar-refractivity contribution in [2.45, 2.75) is 29.7 Å². The molecule has 0 spiro atoms. The van der Waals surface area contributed by atoms with E-state index in [-0.39, 0.29) is 17.9 Å². The van der Waals surface area contributed by atoms with Gasteiger partial charge in [-0.1, -0.05) is 18.2 Å². The maximum Gasteiger partial charge on any atom is 0.228 e. The zero-order valence-electron chi connectivity index (χ0n) is 13.8. The number of carbonyl (C=O) groups excluding carboxylic acids is 1. The molecule has 0 radical (unpaired) electrons. The second kappa shape index (κ2) is 6.51. The van der Waals surface area contributed by atoms with Crippen molar-refractivity contribution in [2.24, 2.45) is 7.05 Å². The van der Waals surface area contributed by atoms with Crippen molar-refractivity contribution >= 4 is 23.4 Å². The van der Waals surface area contributed by atoms with Crippen LogP contribution in [0.25, 0.3) is 0 Å². The molecule has 1 aromatic carbocycles. The van der Waals surface area contributed by atoms with E-state index in [1.54, 1.807) is 11.8 Å². The first kappa shape index (κ1) is 15.6. The van der Waals surface area contributed by atoms with Crippen LogP contribution in [0, 0.1) is 0 Å². The normalized spacial score (nSPS) is 23.1. The number of aryl methyl sites for hydroxylation is 1. The predicted molar refractivity (Wildman–Crippen MR) is 96.5 cm³/mol. The average molecular weight is 342 g/mol. The molecule has 3 heterocycles. The lowest BCUT2D eigenvalue weighted by Crippen LogP contribution is -2.49. The lowest BCUT2D eigenvalue weighted by atomic mass is 9.99. The van der Waals surface area contributed by atoms with Gasteiger partial charge in [-0.25, -0.2) is 0 Å². The van der Waals surface area contributed by atoms with Gasteiger partial charge < -0.3 is 10.2 Å². The summed E-state index contributed by atoms with van der Waals surface area (Å²) >= 11 is 1.78. The van der Waals surface area contributed by atoms with Crippen LogP contribution in [-0.2, 0) is 11.8 Å². The molecule has 4 rings (SSSR count). The van der Waals surface area contributed by atoms with Crippen LogP contribution in [0.1, 0.15) is 24.3 Å². The molecule has 0 unspecified atom stereocenters. The van der Waals surface area contributed by atoms with E-state index < -0.39 is 0 Å². The Kier molecular flexibility index (Phi) is 4.22. The number of thioether (sulfide) groups is 1. The van der Waals surface area contributed by atoms with Crippen LogP contribution in [0.15, 0.2) is 41.6 Å². The van der Waals surface area contributed by atoms with Crippen molar-refractivity contribution in [2.75, 3.05) is 23.7 Å². The van der Waals surface area contributed by atoms with Gasteiger partial charge in [0, 0.05) is 43.0 Å². The molecule has 5 nitrogen and oxygen atoms in total. The van der Waals surface area contributed by atoms with Gasteiger partial charge in [0.2, 0.25) is 5.91 Å². The molecule has 1 N–H and O–H groups in total. The number of hydrogen-bond donors (Lipinski definition) is 1. The number of piperidine rings is 1. The Bertz CT molecular complexity index is 744. The van der Waals surface area contributed by atoms with Gasteiger partial charge in [0.15, 0.2) is 0 Å². The van der Waals surface area contributed by atoms with Crippen LogP contribution in [0.3, 0.4) is 0 Å². The summed E-state index contributed by atoms with van der Waals surface area (Å²) in [5.41, 5.74) is 2.32. The van der Waals surface area contributed by atoms with E-state index in [9.17, 15) is 4.79 Å². The molecular formula is C18H22N4OS. The molecule has 1 saturated heterocycles. The van der Waals surface area contributed by atoms with Gasteiger partial charge in [0.25, 0.3) is 0 Å². The maximum atomic E-state index is 12.8. The quantitative estimate of drug-likeness (QED) is 0.931. The predicted octanol–water partition coefficient (Wildman–Crippen LogP) is 2.39. The number of rotatable bonds is 3. The molecule has 2 aliphatic heterocycles. The highest BCUT2D eigenvalue weighted by atomic mass is 32.2. The Labute approximate surface area is 146 Å². The highest BCUT2D eigenvalue weighted by Crippen LogP contribution is 2.39. The Morgan fingerprint density at radius 2 is 2.25 bits per heavy atom. The fraction of sp³-hybridized carbons (Fsp3) is 0.444. The van der Waals surface area contributed by atoms with Gasteiger partial charge >= 0.3 is 0 Å². The van der Waals surface area contributed by atoms with Crippen molar-refractivity contribution < 1.29 is 4.79 Å². The molecule has 6 heteroatoms. The van der Waals surface area contributed by atoms with E-state index in [1.165, 1.54) is 10.5 Å². The third-order valence-electron chi connectivity index (χ3n) is 4.84. The first-order chi connectivity index (χ1) is 11.7. The van der Waals surface area contributed by atoms with Crippen LogP contribution in [0.5, 0.6) is 0 Å². The summed E-state index contributed by atoms with van der Waals surface area (Å²) in [6.07, 6.45) is 6.07. The summed E-state index contributed by atoms with van der Waals surface area (Å²) in [4.78, 5) is 16.3. The number of benzene rings is 1. The Morgan fingerprint density at radius 1 is 1.38 bits per heavy atom. The topological polar surface area (TPSA) is 50.2 Å². The smallest absolute Gasteiger partial charge is 0.228 e. The molecule has 1 fully saturated rings. The lowest BCUT2D eigenvalue weighted by Gasteiger charge is -2.34. The van der Waals surface area contributed by atoms with Crippen LogP contribution >= 0.6 is 11.8 Å². The van der Waals surface area contributed by atoms with Crippen LogP contribution < -0.4 is 10.2 Å². The first-order valence-electron chi connectivity index (χ1n) is 8.46. The number of fused-ring (bicyclic) bond motifs is 1. The maximum absolute atomic E-state index is 12.8. The van der Waals surface area contributed by atoms with Gasteiger partial charge in [-0.15, -0.1) is 11.8 Å². The van der Waals surface area contributed by atoms with Gasteiger partial charge in [-0.2, -0.15) is 5.10 Å². The highest BCUT2D eigenvalue weighted by molar-refractivity contribution is 7.99. The van der Waals surface area contributed by atoms with Crippen molar-refractivity contribution in [3.8, 4) is 0 Å². The van der Waals surface area contributed by atoms with Crippen molar-refractivity contribution in [1.82, 2.24) is 15.1 Å². The Balaban J connectivity index is 1.41. The fourth-order valence-corrected chi connectivity index (χ4v) is 4.81. The molecule has 0 bridgehead atoms. The van der Waals surface area contributed by atoms with Gasteiger partial charge in [0.1, 0.15) is 0 Å². The number of aromatic nitrogens is 2. The van der Waals surface area contributed by atoms with E-state index >= 15 is 0 Å². The SMILES string of the molecule is Cn1cc(N2CCC[C@@H](NC(=O)[C@@H]3CSc4ccccc43)C2)cn1. The summed E-state index contributed by atoms with van der Waals surface area (Å²) in [6, 6.07) is 8.47. The number of nitrogens with one attached hydrogen (secondary N) is 1. The van der Waals surface area contributed by atoms with Crippen molar-refractivity contribution in [1.29, 1.82) is 0 Å². The molecule has 2 aromatic rings. The van der Waals surface area contributed by atoms with Crippen molar-refractivity contribution in [3.63, 3.8) is 0 Å². The molecule has 1 amide bonds. The van der Waals surface area contributed by atoms with Gasteiger partial charge in [-0.3, -0.25) is 9.48 Å². The number of anilines is 1. The first-order valence-corrected chi connectivity index (χ1v) is 9.45. The van der Waals surface area contributed by atoms with Crippen LogP contribution in [-0.4, -0.2) is 40.6 Å². The molecule has 2 atom stereocenters. The number of hydrogen-bond acceptors (Lipinski definition) is 4. The third kappa shape index (κ3) is 3.02. The molecule has 126 valence electrons. The summed E-state index contributed by atoms with van der Waals surface area (Å²) in [5, 5.41) is 7.54. The van der Waals surface area contributed by atoms with E-state index in [4.69, 9.17) is 0 Å². The molecule has 24 heavy (non-hydrogen) atoms. The number of amides is 1. The minimum Gasteiger partial charge on any atom is -0.367 e. The zero-order valence-corrected chi connectivity index (χ0v) is 14.6. The Morgan fingerprint density at radius 3 is 3.08 bits per heavy atom. The summed E-state index contributed by atoms with van der Waals surface area (Å²) in [7, 11) is 1.93. The van der Waals surface area contributed by atoms with Crippen LogP contribution in [0.4, 0.5) is 5.69 Å². The second-order valence-corrected chi connectivity index (χ2v) is 7.63. The minimum absolute atomic E-state index is 0.0139. The fourth-order valence-electron chi connectivity index (χ4n) is 3.58. The standard InChI is InChI=1S/C18H22N4OS/c1-21-11-14(9-19-21)22-8-4-5-13(10-22)20-18(23)16-12-24-17-7-3-2-6-15(16)17/h2-3,6-7,9,11,13,16H,4-5,8,10,12H2,1H3,(H,20,23)/t13-,16-/m1/s1. The minimum atomic E-state index is -0.0139. The molecule has 0 aliphatic carbocycles. The summed E-state index contributed by atoms with van der Waals surface area (Å²) < 4.78 is 1.82.